The van der Waals surface area contributed by atoms with Crippen LogP contribution in [-0.4, -0.2) is 73.4 Å². The first-order chi connectivity index (χ1) is 21.5. The van der Waals surface area contributed by atoms with E-state index >= 15 is 0 Å². The minimum absolute atomic E-state index is 0.0434. The van der Waals surface area contributed by atoms with Crippen LogP contribution in [0.4, 0.5) is 0 Å². The molecule has 0 bridgehead atoms. The summed E-state index contributed by atoms with van der Waals surface area (Å²) in [6.45, 7) is 4.46. The lowest BCUT2D eigenvalue weighted by Crippen LogP contribution is -2.45. The van der Waals surface area contributed by atoms with Crippen LogP contribution in [0.1, 0.15) is 97.3 Å². The first kappa shape index (κ1) is 42.9. The molecule has 0 saturated carbocycles. The third kappa shape index (κ3) is 30.4. The summed E-state index contributed by atoms with van der Waals surface area (Å²) in [7, 11) is 1.50. The molecule has 0 aromatic carbocycles. The quantitative estimate of drug-likeness (QED) is 0.0342. The molecule has 0 spiro atoms. The van der Waals surface area contributed by atoms with Crippen LogP contribution >= 0.6 is 7.82 Å². The van der Waals surface area contributed by atoms with Gasteiger partial charge in [-0.15, -0.1) is 0 Å². The predicted molar refractivity (Wildman–Crippen MR) is 189 cm³/mol. The van der Waals surface area contributed by atoms with E-state index in [9.17, 15) is 19.4 Å². The molecule has 0 aliphatic carbocycles. The zero-order valence-electron chi connectivity index (χ0n) is 28.8. The highest BCUT2D eigenvalue weighted by Crippen LogP contribution is 2.43. The molecule has 3 N–H and O–H groups in total. The number of nitrogens with one attached hydrogen (secondary N) is 1. The van der Waals surface area contributed by atoms with Crippen molar-refractivity contribution in [1.29, 1.82) is 0 Å². The van der Waals surface area contributed by atoms with Gasteiger partial charge in [-0.1, -0.05) is 93.2 Å². The largest absolute Gasteiger partial charge is 0.472 e. The van der Waals surface area contributed by atoms with E-state index in [0.717, 1.165) is 77.0 Å². The van der Waals surface area contributed by atoms with Crippen molar-refractivity contribution in [2.24, 2.45) is 0 Å². The maximum absolute atomic E-state index is 12.7. The number of carbonyl (C=O) groups is 1. The maximum Gasteiger partial charge on any atom is 0.472 e. The van der Waals surface area contributed by atoms with Crippen LogP contribution in [0, 0.1) is 0 Å². The molecule has 1 amide bonds. The van der Waals surface area contributed by atoms with Crippen LogP contribution in [0.2, 0.25) is 0 Å². The Balaban J connectivity index is 4.74. The first-order valence-electron chi connectivity index (χ1n) is 16.8. The predicted octanol–water partition coefficient (Wildman–Crippen LogP) is 8.12. The molecule has 0 aromatic heterocycles. The monoisotopic (exact) mass is 651 g/mol. The second-order valence-corrected chi connectivity index (χ2v) is 13.6. The molecule has 45 heavy (non-hydrogen) atoms. The Bertz CT molecular complexity index is 965. The summed E-state index contributed by atoms with van der Waals surface area (Å²) in [5.41, 5.74) is 0. The lowest BCUT2D eigenvalue weighted by atomic mass is 10.1. The van der Waals surface area contributed by atoms with Crippen LogP contribution < -0.4 is 5.32 Å². The number of unbranched alkanes of at least 4 members (excludes halogenated alkanes) is 5. The molecule has 0 aromatic rings. The number of rotatable bonds is 28. The van der Waals surface area contributed by atoms with Gasteiger partial charge in [0.1, 0.15) is 13.2 Å². The maximum atomic E-state index is 12.7. The van der Waals surface area contributed by atoms with Gasteiger partial charge in [0.05, 0.1) is 39.9 Å². The number of hydrogen-bond donors (Lipinski definition) is 3. The summed E-state index contributed by atoms with van der Waals surface area (Å²) in [4.78, 5) is 22.8. The third-order valence-corrected chi connectivity index (χ3v) is 7.63. The van der Waals surface area contributed by atoms with Crippen LogP contribution in [-0.2, 0) is 18.4 Å². The molecule has 3 unspecified atom stereocenters. The summed E-state index contributed by atoms with van der Waals surface area (Å²) in [5, 5.41) is 13.6. The van der Waals surface area contributed by atoms with Crippen molar-refractivity contribution in [3.05, 3.63) is 72.9 Å². The molecule has 8 nitrogen and oxygen atoms in total. The smallest absolute Gasteiger partial charge is 0.387 e. The Morgan fingerprint density at radius 2 is 1.29 bits per heavy atom. The number of aliphatic hydroxyl groups excluding tert-OH is 1. The molecule has 0 saturated heterocycles. The van der Waals surface area contributed by atoms with Crippen LogP contribution in [0.5, 0.6) is 0 Å². The van der Waals surface area contributed by atoms with E-state index in [-0.39, 0.29) is 19.1 Å². The van der Waals surface area contributed by atoms with E-state index in [0.29, 0.717) is 17.4 Å². The number of quaternary nitrogens is 1. The van der Waals surface area contributed by atoms with Crippen LogP contribution in [0.3, 0.4) is 0 Å². The number of aliphatic hydroxyl groups is 1. The standard InChI is InChI=1S/C36H63N2O6P/c1-6-8-10-12-14-16-18-19-20-22-24-26-28-30-36(40)37-34(33-44-45(41,42)43-32-31-38(3,4)5)35(39)29-27-25-23-21-17-15-13-11-9-7-2/h8-11,14,16-17,19-21,27,29,34-35,39H,6-7,12-13,15,18,22-26,28,30-33H2,1-5H3,(H-,37,40,41,42)/p+1/b10-8-,11-9+,16-14-,20-19-,21-17+,29-27+. The summed E-state index contributed by atoms with van der Waals surface area (Å²) in [6.07, 6.45) is 35.5. The van der Waals surface area contributed by atoms with Crippen molar-refractivity contribution in [3.63, 3.8) is 0 Å². The number of carbonyl (C=O) groups excluding carboxylic acids is 1. The molecule has 3 atom stereocenters. The van der Waals surface area contributed by atoms with Gasteiger partial charge in [-0.2, -0.15) is 0 Å². The highest BCUT2D eigenvalue weighted by atomic mass is 31.2. The molecule has 0 radical (unpaired) electrons. The molecule has 0 aliphatic heterocycles. The van der Waals surface area contributed by atoms with Crippen molar-refractivity contribution in [2.45, 2.75) is 109 Å². The van der Waals surface area contributed by atoms with Gasteiger partial charge in [0.25, 0.3) is 0 Å². The summed E-state index contributed by atoms with van der Waals surface area (Å²) in [6, 6.07) is -0.884. The van der Waals surface area contributed by atoms with Gasteiger partial charge < -0.3 is 19.8 Å². The first-order valence-corrected chi connectivity index (χ1v) is 18.3. The number of phosphoric ester groups is 1. The third-order valence-electron chi connectivity index (χ3n) is 6.65. The summed E-state index contributed by atoms with van der Waals surface area (Å²) >= 11 is 0. The lowest BCUT2D eigenvalue weighted by Gasteiger charge is -2.25. The van der Waals surface area contributed by atoms with Crippen molar-refractivity contribution in [2.75, 3.05) is 40.9 Å². The van der Waals surface area contributed by atoms with E-state index in [1.165, 1.54) is 0 Å². The van der Waals surface area contributed by atoms with E-state index < -0.39 is 20.0 Å². The van der Waals surface area contributed by atoms with E-state index in [2.05, 4.69) is 79.9 Å². The Kier molecular flexibility index (Phi) is 26.9. The number of likely N-dealkylation sites (N-methyl/N-ethyl adjacent to an activating group) is 1. The molecule has 0 heterocycles. The molecular formula is C36H64N2O6P+. The number of nitrogens with zero attached hydrogens (tertiary/aromatic N) is 1. The number of allylic oxidation sites excluding steroid dienone is 11. The van der Waals surface area contributed by atoms with Gasteiger partial charge in [-0.3, -0.25) is 13.8 Å². The molecule has 9 heteroatoms. The fourth-order valence-electron chi connectivity index (χ4n) is 3.97. The van der Waals surface area contributed by atoms with Gasteiger partial charge >= 0.3 is 7.82 Å². The Morgan fingerprint density at radius 3 is 1.91 bits per heavy atom. The lowest BCUT2D eigenvalue weighted by molar-refractivity contribution is -0.870. The average molecular weight is 652 g/mol. The number of hydrogen-bond acceptors (Lipinski definition) is 5. The van der Waals surface area contributed by atoms with E-state index in [4.69, 9.17) is 9.05 Å². The van der Waals surface area contributed by atoms with Crippen LogP contribution in [0.15, 0.2) is 72.9 Å². The van der Waals surface area contributed by atoms with Gasteiger partial charge in [0.15, 0.2) is 0 Å². The molecule has 0 rings (SSSR count). The van der Waals surface area contributed by atoms with E-state index in [1.807, 2.05) is 27.2 Å². The van der Waals surface area contributed by atoms with Gasteiger partial charge in [0.2, 0.25) is 5.91 Å². The van der Waals surface area contributed by atoms with Gasteiger partial charge in [-0.25, -0.2) is 4.57 Å². The number of phosphoric acid groups is 1. The molecule has 0 aliphatic rings. The Morgan fingerprint density at radius 1 is 0.756 bits per heavy atom. The topological polar surface area (TPSA) is 105 Å². The zero-order valence-corrected chi connectivity index (χ0v) is 29.7. The number of amides is 1. The van der Waals surface area contributed by atoms with Gasteiger partial charge in [-0.05, 0) is 70.6 Å². The molecular weight excluding hydrogens is 587 g/mol. The fourth-order valence-corrected chi connectivity index (χ4v) is 4.71. The SMILES string of the molecule is CC/C=C\C/C=C\C/C=C\CCCCCC(=O)NC(COP(=O)(O)OCC[N+](C)(C)C)C(O)/C=C/CC/C=C/CC/C=C/CC. The summed E-state index contributed by atoms with van der Waals surface area (Å²) < 4.78 is 23.3. The average Bonchev–Trinajstić information content (AvgIpc) is 2.97. The van der Waals surface area contributed by atoms with Crippen molar-refractivity contribution >= 4 is 13.7 Å². The Hall–Kier alpha value is -2.06. The van der Waals surface area contributed by atoms with E-state index in [1.54, 1.807) is 6.08 Å². The fraction of sp³-hybridized carbons (Fsp3) is 0.639. The van der Waals surface area contributed by atoms with Crippen LogP contribution in [0.25, 0.3) is 0 Å². The van der Waals surface area contributed by atoms with Crippen molar-refractivity contribution < 1.29 is 32.9 Å². The normalized spacial score (nSPS) is 15.8. The van der Waals surface area contributed by atoms with Crippen molar-refractivity contribution in [3.8, 4) is 0 Å². The molecule has 0 fully saturated rings. The second-order valence-electron chi connectivity index (χ2n) is 12.1. The Labute approximate surface area is 274 Å². The summed E-state index contributed by atoms with van der Waals surface area (Å²) in [5.74, 6) is -0.229. The minimum Gasteiger partial charge on any atom is -0.387 e. The van der Waals surface area contributed by atoms with Crippen molar-refractivity contribution in [1.82, 2.24) is 5.32 Å². The highest BCUT2D eigenvalue weighted by molar-refractivity contribution is 7.47. The second kappa shape index (κ2) is 28.2. The zero-order chi connectivity index (χ0) is 33.7. The highest BCUT2D eigenvalue weighted by Gasteiger charge is 2.27. The van der Waals surface area contributed by atoms with Gasteiger partial charge in [0, 0.05) is 6.42 Å². The molecule has 258 valence electrons. The minimum atomic E-state index is -4.35.